The van der Waals surface area contributed by atoms with Gasteiger partial charge >= 0.3 is 0 Å². The van der Waals surface area contributed by atoms with Gasteiger partial charge in [-0.1, -0.05) is 26.7 Å². The van der Waals surface area contributed by atoms with Gasteiger partial charge in [-0.3, -0.25) is 4.98 Å². The first-order valence-electron chi connectivity index (χ1n) is 7.93. The molecule has 1 fully saturated rings. The molecule has 2 rings (SSSR count). The van der Waals surface area contributed by atoms with E-state index in [2.05, 4.69) is 41.4 Å². The zero-order valence-electron chi connectivity index (χ0n) is 13.1. The lowest BCUT2D eigenvalue weighted by Gasteiger charge is -2.31. The third-order valence-corrected chi connectivity index (χ3v) is 4.14. The zero-order chi connectivity index (χ0) is 14.4. The van der Waals surface area contributed by atoms with Crippen LogP contribution in [0.2, 0.25) is 0 Å². The van der Waals surface area contributed by atoms with E-state index < -0.39 is 0 Å². The van der Waals surface area contributed by atoms with E-state index in [0.717, 1.165) is 30.6 Å². The molecule has 1 aliphatic carbocycles. The summed E-state index contributed by atoms with van der Waals surface area (Å²) < 4.78 is 0. The number of aromatic nitrogens is 2. The summed E-state index contributed by atoms with van der Waals surface area (Å²) in [6, 6.07) is 0. The summed E-state index contributed by atoms with van der Waals surface area (Å²) in [5.74, 6) is 2.49. The maximum absolute atomic E-state index is 4.55. The van der Waals surface area contributed by atoms with Gasteiger partial charge in [-0.15, -0.1) is 0 Å². The van der Waals surface area contributed by atoms with Gasteiger partial charge in [0.05, 0.1) is 12.4 Å². The minimum absolute atomic E-state index is 0.462. The molecular weight excluding hydrogens is 248 g/mol. The van der Waals surface area contributed by atoms with Gasteiger partial charge < -0.3 is 10.6 Å². The van der Waals surface area contributed by atoms with E-state index >= 15 is 0 Å². The maximum Gasteiger partial charge on any atom is 0.146 e. The average molecular weight is 276 g/mol. The Kier molecular flexibility index (Phi) is 5.21. The van der Waals surface area contributed by atoms with Crippen LogP contribution in [0.25, 0.3) is 0 Å². The van der Waals surface area contributed by atoms with Crippen LogP contribution in [0.3, 0.4) is 0 Å². The molecule has 1 saturated carbocycles. The summed E-state index contributed by atoms with van der Waals surface area (Å²) >= 11 is 0. The Morgan fingerprint density at radius 2 is 1.80 bits per heavy atom. The summed E-state index contributed by atoms with van der Waals surface area (Å²) in [5.41, 5.74) is 0.462. The number of anilines is 2. The van der Waals surface area contributed by atoms with Crippen LogP contribution in [0.4, 0.5) is 11.6 Å². The topological polar surface area (TPSA) is 49.8 Å². The minimum atomic E-state index is 0.462. The zero-order valence-corrected chi connectivity index (χ0v) is 13.1. The van der Waals surface area contributed by atoms with Crippen molar-refractivity contribution in [2.45, 2.75) is 52.9 Å². The van der Waals surface area contributed by atoms with Gasteiger partial charge in [-0.2, -0.15) is 0 Å². The highest BCUT2D eigenvalue weighted by Crippen LogP contribution is 2.43. The molecule has 0 aliphatic heterocycles. The van der Waals surface area contributed by atoms with Crippen molar-refractivity contribution in [3.63, 3.8) is 0 Å². The Balaban J connectivity index is 1.97. The first kappa shape index (κ1) is 15.1. The van der Waals surface area contributed by atoms with E-state index in [1.54, 1.807) is 6.20 Å². The molecule has 1 heterocycles. The molecule has 0 aromatic carbocycles. The smallest absolute Gasteiger partial charge is 0.146 e. The highest BCUT2D eigenvalue weighted by molar-refractivity contribution is 5.41. The van der Waals surface area contributed by atoms with Gasteiger partial charge in [0.1, 0.15) is 11.6 Å². The molecule has 2 N–H and O–H groups in total. The van der Waals surface area contributed by atoms with Crippen molar-refractivity contribution < 1.29 is 0 Å². The average Bonchev–Trinajstić information content (AvgIpc) is 2.85. The van der Waals surface area contributed by atoms with Crippen LogP contribution in [0.1, 0.15) is 52.9 Å². The van der Waals surface area contributed by atoms with Crippen molar-refractivity contribution in [1.82, 2.24) is 9.97 Å². The summed E-state index contributed by atoms with van der Waals surface area (Å²) in [7, 11) is 0. The number of rotatable bonds is 7. The van der Waals surface area contributed by atoms with Crippen molar-refractivity contribution in [3.05, 3.63) is 12.4 Å². The molecule has 0 radical (unpaired) electrons. The molecule has 4 nitrogen and oxygen atoms in total. The van der Waals surface area contributed by atoms with Crippen LogP contribution >= 0.6 is 0 Å². The van der Waals surface area contributed by atoms with E-state index in [4.69, 9.17) is 0 Å². The van der Waals surface area contributed by atoms with Gasteiger partial charge in [0.25, 0.3) is 0 Å². The fourth-order valence-electron chi connectivity index (χ4n) is 3.44. The number of nitrogens with zero attached hydrogens (tertiary/aromatic N) is 2. The number of hydrogen-bond donors (Lipinski definition) is 2. The second-order valence-corrected chi connectivity index (χ2v) is 6.48. The van der Waals surface area contributed by atoms with E-state index in [-0.39, 0.29) is 0 Å². The Labute approximate surface area is 122 Å². The molecule has 0 spiro atoms. The SMILES string of the molecule is CCNc1cncc(NCC2(CC(C)C)CCCC2)n1. The highest BCUT2D eigenvalue weighted by Gasteiger charge is 2.34. The van der Waals surface area contributed by atoms with Gasteiger partial charge in [-0.05, 0) is 37.5 Å². The maximum atomic E-state index is 4.55. The van der Waals surface area contributed by atoms with Gasteiger partial charge in [0, 0.05) is 13.1 Å². The largest absolute Gasteiger partial charge is 0.369 e. The van der Waals surface area contributed by atoms with Crippen molar-refractivity contribution in [2.75, 3.05) is 23.7 Å². The second kappa shape index (κ2) is 6.91. The first-order valence-corrected chi connectivity index (χ1v) is 7.93. The molecule has 0 saturated heterocycles. The van der Waals surface area contributed by atoms with E-state index in [1.165, 1.54) is 32.1 Å². The Morgan fingerprint density at radius 3 is 2.40 bits per heavy atom. The van der Waals surface area contributed by atoms with Gasteiger partial charge in [-0.25, -0.2) is 4.98 Å². The summed E-state index contributed by atoms with van der Waals surface area (Å²) in [4.78, 5) is 8.79. The van der Waals surface area contributed by atoms with Gasteiger partial charge in [0.2, 0.25) is 0 Å². The van der Waals surface area contributed by atoms with E-state index in [9.17, 15) is 0 Å². The monoisotopic (exact) mass is 276 g/mol. The second-order valence-electron chi connectivity index (χ2n) is 6.48. The van der Waals surface area contributed by atoms with Crippen LogP contribution in [0, 0.1) is 11.3 Å². The van der Waals surface area contributed by atoms with Crippen LogP contribution in [-0.4, -0.2) is 23.1 Å². The third-order valence-electron chi connectivity index (χ3n) is 4.14. The highest BCUT2D eigenvalue weighted by atomic mass is 15.1. The molecule has 0 unspecified atom stereocenters. The fourth-order valence-corrected chi connectivity index (χ4v) is 3.44. The van der Waals surface area contributed by atoms with Crippen LogP contribution in [-0.2, 0) is 0 Å². The summed E-state index contributed by atoms with van der Waals surface area (Å²) in [6.07, 6.45) is 10.3. The molecule has 112 valence electrons. The third kappa shape index (κ3) is 4.09. The number of nitrogens with one attached hydrogen (secondary N) is 2. The molecular formula is C16H28N4. The molecule has 0 bridgehead atoms. The lowest BCUT2D eigenvalue weighted by atomic mass is 9.78. The predicted octanol–water partition coefficient (Wildman–Crippen LogP) is 3.93. The first-order chi connectivity index (χ1) is 9.63. The van der Waals surface area contributed by atoms with E-state index in [0.29, 0.717) is 5.41 Å². The molecule has 1 aromatic rings. The quantitative estimate of drug-likeness (QED) is 0.792. The lowest BCUT2D eigenvalue weighted by molar-refractivity contribution is 0.252. The Morgan fingerprint density at radius 1 is 1.15 bits per heavy atom. The summed E-state index contributed by atoms with van der Waals surface area (Å²) in [6.45, 7) is 8.61. The Bertz CT molecular complexity index is 411. The van der Waals surface area contributed by atoms with Crippen molar-refractivity contribution in [2.24, 2.45) is 11.3 Å². The normalized spacial score (nSPS) is 17.4. The molecule has 4 heteroatoms. The molecule has 0 amide bonds. The predicted molar refractivity (Wildman–Crippen MR) is 85.0 cm³/mol. The molecule has 1 aliphatic rings. The van der Waals surface area contributed by atoms with Crippen molar-refractivity contribution in [3.8, 4) is 0 Å². The van der Waals surface area contributed by atoms with Crippen molar-refractivity contribution in [1.29, 1.82) is 0 Å². The van der Waals surface area contributed by atoms with Crippen LogP contribution < -0.4 is 10.6 Å². The summed E-state index contributed by atoms with van der Waals surface area (Å²) in [5, 5.41) is 6.72. The van der Waals surface area contributed by atoms with Crippen LogP contribution in [0.5, 0.6) is 0 Å². The van der Waals surface area contributed by atoms with E-state index in [1.807, 2.05) is 6.20 Å². The van der Waals surface area contributed by atoms with Crippen molar-refractivity contribution >= 4 is 11.6 Å². The molecule has 0 atom stereocenters. The van der Waals surface area contributed by atoms with Gasteiger partial charge in [0.15, 0.2) is 0 Å². The Hall–Kier alpha value is -1.32. The van der Waals surface area contributed by atoms with Crippen LogP contribution in [0.15, 0.2) is 12.4 Å². The number of hydrogen-bond acceptors (Lipinski definition) is 4. The fraction of sp³-hybridized carbons (Fsp3) is 0.750. The minimum Gasteiger partial charge on any atom is -0.369 e. The lowest BCUT2D eigenvalue weighted by Crippen LogP contribution is -2.28. The molecule has 1 aromatic heterocycles. The standard InChI is InChI=1S/C16H28N4/c1-4-18-14-10-17-11-15(20-14)19-12-16(9-13(2)3)7-5-6-8-16/h10-11,13H,4-9,12H2,1-3H3,(H2,18,19,20). The molecule has 20 heavy (non-hydrogen) atoms.